The van der Waals surface area contributed by atoms with Gasteiger partial charge in [0, 0.05) is 20.2 Å². The Morgan fingerprint density at radius 3 is 2.64 bits per heavy atom. The molecular formula is C10H20N2O2. The van der Waals surface area contributed by atoms with E-state index in [9.17, 15) is 4.79 Å². The number of amides is 2. The largest absolute Gasteiger partial charge is 0.383 e. The van der Waals surface area contributed by atoms with E-state index in [0.29, 0.717) is 6.61 Å². The monoisotopic (exact) mass is 200 g/mol. The van der Waals surface area contributed by atoms with Crippen molar-refractivity contribution in [2.45, 2.75) is 32.2 Å². The molecule has 1 aliphatic heterocycles. The van der Waals surface area contributed by atoms with Crippen LogP contribution in [0.4, 0.5) is 4.79 Å². The number of methoxy groups -OCH3 is 1. The fraction of sp³-hybridized carbons (Fsp3) is 0.900. The number of rotatable bonds is 3. The first-order valence-electron chi connectivity index (χ1n) is 5.28. The van der Waals surface area contributed by atoms with E-state index >= 15 is 0 Å². The molecule has 0 saturated carbocycles. The third kappa shape index (κ3) is 3.54. The number of nitrogens with zero attached hydrogens (tertiary/aromatic N) is 1. The zero-order valence-electron chi connectivity index (χ0n) is 9.08. The van der Waals surface area contributed by atoms with Crippen LogP contribution < -0.4 is 5.32 Å². The summed E-state index contributed by atoms with van der Waals surface area (Å²) in [7, 11) is 1.64. The average Bonchev–Trinajstić information content (AvgIpc) is 2.19. The molecule has 1 saturated heterocycles. The zero-order valence-corrected chi connectivity index (χ0v) is 9.08. The lowest BCUT2D eigenvalue weighted by molar-refractivity contribution is 0.155. The lowest BCUT2D eigenvalue weighted by Crippen LogP contribution is -2.47. The fourth-order valence-corrected chi connectivity index (χ4v) is 1.69. The number of hydrogen-bond donors (Lipinski definition) is 1. The second-order valence-corrected chi connectivity index (χ2v) is 3.85. The molecule has 0 aliphatic carbocycles. The number of urea groups is 1. The smallest absolute Gasteiger partial charge is 0.317 e. The quantitative estimate of drug-likeness (QED) is 0.744. The maximum atomic E-state index is 11.6. The van der Waals surface area contributed by atoms with Crippen molar-refractivity contribution in [3.05, 3.63) is 0 Å². The number of likely N-dealkylation sites (tertiary alicyclic amines) is 1. The van der Waals surface area contributed by atoms with Crippen LogP contribution in [0.3, 0.4) is 0 Å². The Labute approximate surface area is 85.6 Å². The van der Waals surface area contributed by atoms with E-state index in [1.54, 1.807) is 7.11 Å². The third-order valence-electron chi connectivity index (χ3n) is 2.43. The fourth-order valence-electron chi connectivity index (χ4n) is 1.69. The Hall–Kier alpha value is -0.770. The number of hydrogen-bond acceptors (Lipinski definition) is 2. The number of carbonyl (C=O) groups is 1. The van der Waals surface area contributed by atoms with Crippen LogP contribution in [0.15, 0.2) is 0 Å². The first kappa shape index (κ1) is 11.3. The Balaban J connectivity index is 2.25. The highest BCUT2D eigenvalue weighted by molar-refractivity contribution is 5.74. The van der Waals surface area contributed by atoms with Gasteiger partial charge in [-0.25, -0.2) is 4.79 Å². The van der Waals surface area contributed by atoms with Crippen molar-refractivity contribution in [1.29, 1.82) is 0 Å². The van der Waals surface area contributed by atoms with Crippen LogP contribution in [0.2, 0.25) is 0 Å². The minimum Gasteiger partial charge on any atom is -0.383 e. The molecule has 1 heterocycles. The van der Waals surface area contributed by atoms with Crippen LogP contribution in [0.25, 0.3) is 0 Å². The van der Waals surface area contributed by atoms with Crippen molar-refractivity contribution in [3.63, 3.8) is 0 Å². The molecule has 0 radical (unpaired) electrons. The molecule has 2 amide bonds. The van der Waals surface area contributed by atoms with Gasteiger partial charge in [0.2, 0.25) is 0 Å². The molecule has 0 aromatic rings. The summed E-state index contributed by atoms with van der Waals surface area (Å²) in [6, 6.07) is 0.142. The maximum Gasteiger partial charge on any atom is 0.317 e. The molecule has 1 unspecified atom stereocenters. The van der Waals surface area contributed by atoms with Crippen LogP contribution in [-0.4, -0.2) is 43.8 Å². The van der Waals surface area contributed by atoms with Gasteiger partial charge in [0.15, 0.2) is 0 Å². The molecule has 0 bridgehead atoms. The van der Waals surface area contributed by atoms with Gasteiger partial charge < -0.3 is 15.0 Å². The second kappa shape index (κ2) is 5.86. The third-order valence-corrected chi connectivity index (χ3v) is 2.43. The molecule has 1 aliphatic rings. The molecule has 0 spiro atoms. The minimum atomic E-state index is 0.0502. The minimum absolute atomic E-state index is 0.0502. The first-order valence-corrected chi connectivity index (χ1v) is 5.28. The number of carbonyl (C=O) groups excluding carboxylic acids is 1. The van der Waals surface area contributed by atoms with Crippen LogP contribution in [0.5, 0.6) is 0 Å². The van der Waals surface area contributed by atoms with Gasteiger partial charge in [-0.15, -0.1) is 0 Å². The number of nitrogens with one attached hydrogen (secondary N) is 1. The van der Waals surface area contributed by atoms with Crippen LogP contribution in [0, 0.1) is 0 Å². The van der Waals surface area contributed by atoms with E-state index < -0.39 is 0 Å². The summed E-state index contributed by atoms with van der Waals surface area (Å²) in [6.45, 7) is 4.31. The van der Waals surface area contributed by atoms with Crippen molar-refractivity contribution in [2.24, 2.45) is 0 Å². The lowest BCUT2D eigenvalue weighted by Gasteiger charge is -2.28. The summed E-state index contributed by atoms with van der Waals surface area (Å²) in [4.78, 5) is 13.5. The Bertz CT molecular complexity index is 179. The van der Waals surface area contributed by atoms with E-state index in [2.05, 4.69) is 5.32 Å². The molecule has 4 heteroatoms. The van der Waals surface area contributed by atoms with Gasteiger partial charge in [-0.2, -0.15) is 0 Å². The molecule has 1 fully saturated rings. The molecule has 1 rings (SSSR count). The highest BCUT2D eigenvalue weighted by atomic mass is 16.5. The normalized spacial score (nSPS) is 19.1. The summed E-state index contributed by atoms with van der Waals surface area (Å²) in [5, 5.41) is 2.91. The van der Waals surface area contributed by atoms with E-state index in [4.69, 9.17) is 4.74 Å². The Morgan fingerprint density at radius 1 is 1.43 bits per heavy atom. The lowest BCUT2D eigenvalue weighted by atomic mass is 10.1. The zero-order chi connectivity index (χ0) is 10.4. The summed E-state index contributed by atoms with van der Waals surface area (Å²) in [6.07, 6.45) is 3.51. The van der Waals surface area contributed by atoms with Gasteiger partial charge in [-0.1, -0.05) is 0 Å². The van der Waals surface area contributed by atoms with Crippen molar-refractivity contribution in [2.75, 3.05) is 26.8 Å². The predicted molar refractivity (Wildman–Crippen MR) is 55.3 cm³/mol. The van der Waals surface area contributed by atoms with Crippen molar-refractivity contribution < 1.29 is 9.53 Å². The highest BCUT2D eigenvalue weighted by Gasteiger charge is 2.17. The van der Waals surface area contributed by atoms with Gasteiger partial charge >= 0.3 is 6.03 Å². The molecule has 1 N–H and O–H groups in total. The van der Waals surface area contributed by atoms with Crippen LogP contribution in [0.1, 0.15) is 26.2 Å². The van der Waals surface area contributed by atoms with Crippen molar-refractivity contribution in [3.8, 4) is 0 Å². The summed E-state index contributed by atoms with van der Waals surface area (Å²) >= 11 is 0. The SMILES string of the molecule is COCC(C)NC(=O)N1CCCCC1. The van der Waals surface area contributed by atoms with Gasteiger partial charge in [0.1, 0.15) is 0 Å². The topological polar surface area (TPSA) is 41.6 Å². The summed E-state index contributed by atoms with van der Waals surface area (Å²) < 4.78 is 4.96. The average molecular weight is 200 g/mol. The Morgan fingerprint density at radius 2 is 2.07 bits per heavy atom. The first-order chi connectivity index (χ1) is 6.74. The van der Waals surface area contributed by atoms with Gasteiger partial charge in [-0.05, 0) is 26.2 Å². The predicted octanol–water partition coefficient (Wildman–Crippen LogP) is 1.22. The highest BCUT2D eigenvalue weighted by Crippen LogP contribution is 2.08. The van der Waals surface area contributed by atoms with E-state index in [0.717, 1.165) is 25.9 Å². The standard InChI is InChI=1S/C10H20N2O2/c1-9(8-14-2)11-10(13)12-6-4-3-5-7-12/h9H,3-8H2,1-2H3,(H,11,13). The number of ether oxygens (including phenoxy) is 1. The van der Waals surface area contributed by atoms with Gasteiger partial charge in [0.25, 0.3) is 0 Å². The molecule has 82 valence electrons. The van der Waals surface area contributed by atoms with E-state index in [1.165, 1.54) is 6.42 Å². The Kier molecular flexibility index (Phi) is 4.73. The maximum absolute atomic E-state index is 11.6. The second-order valence-electron chi connectivity index (χ2n) is 3.85. The molecule has 1 atom stereocenters. The molecular weight excluding hydrogens is 180 g/mol. The van der Waals surface area contributed by atoms with Crippen molar-refractivity contribution in [1.82, 2.24) is 10.2 Å². The van der Waals surface area contributed by atoms with Gasteiger partial charge in [-0.3, -0.25) is 0 Å². The number of piperidine rings is 1. The summed E-state index contributed by atoms with van der Waals surface area (Å²) in [5.41, 5.74) is 0. The molecule has 0 aromatic heterocycles. The van der Waals surface area contributed by atoms with E-state index in [1.807, 2.05) is 11.8 Å². The molecule has 4 nitrogen and oxygen atoms in total. The van der Waals surface area contributed by atoms with E-state index in [-0.39, 0.29) is 12.1 Å². The molecule has 14 heavy (non-hydrogen) atoms. The summed E-state index contributed by atoms with van der Waals surface area (Å²) in [5.74, 6) is 0. The van der Waals surface area contributed by atoms with Gasteiger partial charge in [0.05, 0.1) is 12.6 Å². The molecule has 0 aromatic carbocycles. The van der Waals surface area contributed by atoms with Crippen LogP contribution in [-0.2, 0) is 4.74 Å². The van der Waals surface area contributed by atoms with Crippen molar-refractivity contribution >= 4 is 6.03 Å². The van der Waals surface area contributed by atoms with Crippen LogP contribution >= 0.6 is 0 Å².